The Balaban J connectivity index is 1.54. The van der Waals surface area contributed by atoms with Crippen molar-refractivity contribution in [1.29, 1.82) is 0 Å². The third-order valence-corrected chi connectivity index (χ3v) is 7.97. The standard InChI is InChI=1S/C28H18Cl4N4O4/c1-13-7-9-15(11-17(13)29)33-23-21(31)25(37)35(27(23)39)19-5-3-4-6-20(19)36-26(38)22(32)24(28(36)40)34-16-10-8-14(2)18(30)12-16/h3-12,21-22H,1-2H3. The van der Waals surface area contributed by atoms with Gasteiger partial charge in [-0.25, -0.2) is 19.8 Å². The van der Waals surface area contributed by atoms with E-state index in [-0.39, 0.29) is 22.8 Å². The molecule has 0 spiro atoms. The van der Waals surface area contributed by atoms with E-state index in [2.05, 4.69) is 9.98 Å². The minimum absolute atomic E-state index is 0.0412. The van der Waals surface area contributed by atoms with Crippen molar-refractivity contribution >= 4 is 104 Å². The molecule has 2 fully saturated rings. The van der Waals surface area contributed by atoms with Crippen LogP contribution in [0, 0.1) is 13.8 Å². The van der Waals surface area contributed by atoms with Crippen molar-refractivity contribution in [2.75, 3.05) is 9.80 Å². The Morgan fingerprint density at radius 1 is 0.625 bits per heavy atom. The van der Waals surface area contributed by atoms with Crippen molar-refractivity contribution in [2.24, 2.45) is 9.98 Å². The highest BCUT2D eigenvalue weighted by molar-refractivity contribution is 6.70. The number of aliphatic imine (C=N–C) groups is 2. The molecule has 0 aromatic heterocycles. The number of hydrogen-bond donors (Lipinski definition) is 0. The van der Waals surface area contributed by atoms with Crippen LogP contribution in [0.1, 0.15) is 11.1 Å². The van der Waals surface area contributed by atoms with Crippen LogP contribution in [-0.2, 0) is 19.2 Å². The smallest absolute Gasteiger partial charge is 0.272 e. The zero-order valence-corrected chi connectivity index (χ0v) is 23.9. The number of imide groups is 2. The third kappa shape index (κ3) is 4.81. The summed E-state index contributed by atoms with van der Waals surface area (Å²) in [6, 6.07) is 15.7. The highest BCUT2D eigenvalue weighted by Gasteiger charge is 2.49. The summed E-state index contributed by atoms with van der Waals surface area (Å²) in [6.45, 7) is 3.62. The van der Waals surface area contributed by atoms with Crippen molar-refractivity contribution in [3.05, 3.63) is 81.8 Å². The molecule has 40 heavy (non-hydrogen) atoms. The van der Waals surface area contributed by atoms with Crippen LogP contribution in [0.3, 0.4) is 0 Å². The molecule has 0 aliphatic carbocycles. The highest BCUT2D eigenvalue weighted by atomic mass is 35.5. The number of rotatable bonds is 4. The van der Waals surface area contributed by atoms with Gasteiger partial charge in [-0.3, -0.25) is 19.2 Å². The quantitative estimate of drug-likeness (QED) is 0.261. The molecule has 2 heterocycles. The number of carbonyl (C=O) groups is 4. The largest absolute Gasteiger partial charge is 0.281 e. The average molecular weight is 616 g/mol. The SMILES string of the molecule is Cc1ccc(N=C2C(=O)N(c3ccccc3N3C(=O)C(=Nc4ccc(C)c(Cl)c4)C(Cl)C3=O)C(=O)C2Cl)cc1Cl. The van der Waals surface area contributed by atoms with E-state index >= 15 is 0 Å². The number of nitrogens with zero attached hydrogens (tertiary/aromatic N) is 4. The van der Waals surface area contributed by atoms with E-state index in [4.69, 9.17) is 46.4 Å². The Morgan fingerprint density at radius 3 is 1.35 bits per heavy atom. The Hall–Kier alpha value is -3.56. The maximum absolute atomic E-state index is 13.4. The molecule has 12 heteroatoms. The summed E-state index contributed by atoms with van der Waals surface area (Å²) in [5, 5.41) is -1.96. The minimum Gasteiger partial charge on any atom is -0.272 e. The van der Waals surface area contributed by atoms with Crippen molar-refractivity contribution in [3.63, 3.8) is 0 Å². The van der Waals surface area contributed by atoms with Crippen LogP contribution in [0.4, 0.5) is 22.7 Å². The van der Waals surface area contributed by atoms with E-state index in [1.54, 1.807) is 48.5 Å². The van der Waals surface area contributed by atoms with Gasteiger partial charge in [0.2, 0.25) is 0 Å². The number of benzene rings is 3. The Kier molecular flexibility index (Phi) is 7.54. The van der Waals surface area contributed by atoms with Crippen molar-refractivity contribution in [2.45, 2.75) is 24.6 Å². The number of halogens is 4. The minimum atomic E-state index is -1.41. The van der Waals surface area contributed by atoms with E-state index in [9.17, 15) is 19.2 Å². The lowest BCUT2D eigenvalue weighted by Crippen LogP contribution is -2.36. The Bertz CT molecular complexity index is 1560. The number of alkyl halides is 2. The second-order valence-electron chi connectivity index (χ2n) is 9.03. The Morgan fingerprint density at radius 2 is 1.00 bits per heavy atom. The molecule has 4 amide bonds. The molecule has 0 bridgehead atoms. The fourth-order valence-corrected chi connectivity index (χ4v) is 5.02. The normalized spacial score (nSPS) is 21.4. The predicted molar refractivity (Wildman–Crippen MR) is 157 cm³/mol. The van der Waals surface area contributed by atoms with Crippen molar-refractivity contribution in [1.82, 2.24) is 0 Å². The lowest BCUT2D eigenvalue weighted by molar-refractivity contribution is -0.122. The van der Waals surface area contributed by atoms with Gasteiger partial charge < -0.3 is 0 Å². The van der Waals surface area contributed by atoms with Crippen LogP contribution in [0.5, 0.6) is 0 Å². The fourth-order valence-electron chi connectivity index (χ4n) is 4.20. The third-order valence-electron chi connectivity index (χ3n) is 6.37. The zero-order valence-electron chi connectivity index (χ0n) is 20.9. The number of amides is 4. The van der Waals surface area contributed by atoms with Gasteiger partial charge in [-0.15, -0.1) is 23.2 Å². The van der Waals surface area contributed by atoms with Gasteiger partial charge in [0.25, 0.3) is 23.6 Å². The van der Waals surface area contributed by atoms with Crippen molar-refractivity contribution < 1.29 is 19.2 Å². The van der Waals surface area contributed by atoms with Crippen LogP contribution in [-0.4, -0.2) is 45.8 Å². The average Bonchev–Trinajstić information content (AvgIpc) is 3.26. The van der Waals surface area contributed by atoms with E-state index in [0.717, 1.165) is 20.9 Å². The highest BCUT2D eigenvalue weighted by Crippen LogP contribution is 2.37. The number of para-hydroxylation sites is 2. The second-order valence-corrected chi connectivity index (χ2v) is 10.7. The Labute approximate surface area is 248 Å². The molecule has 2 aliphatic rings. The number of carbonyl (C=O) groups excluding carboxylic acids is 4. The van der Waals surface area contributed by atoms with Gasteiger partial charge in [0.05, 0.1) is 22.7 Å². The summed E-state index contributed by atoms with van der Waals surface area (Å²) >= 11 is 25.0. The molecule has 8 nitrogen and oxygen atoms in total. The van der Waals surface area contributed by atoms with E-state index in [1.807, 2.05) is 13.8 Å². The molecule has 2 atom stereocenters. The summed E-state index contributed by atoms with van der Waals surface area (Å²) in [5.74, 6) is -3.20. The van der Waals surface area contributed by atoms with Gasteiger partial charge in [-0.1, -0.05) is 47.5 Å². The summed E-state index contributed by atoms with van der Waals surface area (Å²) in [5.41, 5.74) is 1.75. The molecule has 2 saturated heterocycles. The molecule has 3 aromatic rings. The van der Waals surface area contributed by atoms with Gasteiger partial charge in [-0.05, 0) is 61.4 Å². The maximum Gasteiger partial charge on any atom is 0.281 e. The predicted octanol–water partition coefficient (Wildman–Crippen LogP) is 6.12. The summed E-state index contributed by atoms with van der Waals surface area (Å²) in [4.78, 5) is 63.5. The van der Waals surface area contributed by atoms with Gasteiger partial charge in [0.15, 0.2) is 10.8 Å². The molecular formula is C28H18Cl4N4O4. The lowest BCUT2D eigenvalue weighted by atomic mass is 10.2. The first-order valence-electron chi connectivity index (χ1n) is 11.8. The maximum atomic E-state index is 13.4. The van der Waals surface area contributed by atoms with E-state index in [0.29, 0.717) is 21.4 Å². The first-order valence-corrected chi connectivity index (χ1v) is 13.5. The fraction of sp³-hybridized carbons (Fsp3) is 0.143. The summed E-state index contributed by atoms with van der Waals surface area (Å²) in [6.07, 6.45) is 0. The molecule has 0 saturated carbocycles. The molecule has 0 radical (unpaired) electrons. The number of hydrogen-bond acceptors (Lipinski definition) is 6. The van der Waals surface area contributed by atoms with Gasteiger partial charge in [0.1, 0.15) is 11.4 Å². The van der Waals surface area contributed by atoms with Crippen LogP contribution in [0.25, 0.3) is 0 Å². The van der Waals surface area contributed by atoms with E-state index < -0.39 is 34.4 Å². The molecule has 2 aliphatic heterocycles. The molecule has 2 unspecified atom stereocenters. The lowest BCUT2D eigenvalue weighted by Gasteiger charge is -2.22. The molecule has 202 valence electrons. The zero-order chi connectivity index (χ0) is 28.9. The molecule has 3 aromatic carbocycles. The summed E-state index contributed by atoms with van der Waals surface area (Å²) < 4.78 is 0. The van der Waals surface area contributed by atoms with Crippen LogP contribution in [0.2, 0.25) is 10.0 Å². The molecule has 5 rings (SSSR count). The van der Waals surface area contributed by atoms with Gasteiger partial charge >= 0.3 is 0 Å². The monoisotopic (exact) mass is 614 g/mol. The topological polar surface area (TPSA) is 99.5 Å². The second kappa shape index (κ2) is 10.8. The number of aryl methyl sites for hydroxylation is 2. The van der Waals surface area contributed by atoms with Crippen molar-refractivity contribution in [3.8, 4) is 0 Å². The summed E-state index contributed by atoms with van der Waals surface area (Å²) in [7, 11) is 0. The van der Waals surface area contributed by atoms with Gasteiger partial charge in [-0.2, -0.15) is 0 Å². The van der Waals surface area contributed by atoms with Crippen LogP contribution >= 0.6 is 46.4 Å². The van der Waals surface area contributed by atoms with Crippen LogP contribution < -0.4 is 9.80 Å². The van der Waals surface area contributed by atoms with Crippen LogP contribution in [0.15, 0.2) is 70.6 Å². The first-order chi connectivity index (χ1) is 19.0. The molecular weight excluding hydrogens is 598 g/mol. The molecule has 0 N–H and O–H groups in total. The van der Waals surface area contributed by atoms with Gasteiger partial charge in [0, 0.05) is 10.0 Å². The first kappa shape index (κ1) is 28.0. The number of anilines is 2. The van der Waals surface area contributed by atoms with E-state index in [1.165, 1.54) is 12.1 Å².